The summed E-state index contributed by atoms with van der Waals surface area (Å²) in [4.78, 5) is 14.7. The highest BCUT2D eigenvalue weighted by Crippen LogP contribution is 2.31. The Balaban J connectivity index is 1.85. The summed E-state index contributed by atoms with van der Waals surface area (Å²) in [5, 5.41) is 4.43. The minimum atomic E-state index is -0.325. The van der Waals surface area contributed by atoms with Gasteiger partial charge in [0.05, 0.1) is 5.69 Å². The molecule has 0 saturated heterocycles. The lowest BCUT2D eigenvalue weighted by molar-refractivity contribution is 0.0734. The molecule has 1 aliphatic carbocycles. The number of hydrogen-bond acceptors (Lipinski definition) is 2. The Hall–Kier alpha value is -2.17. The first-order chi connectivity index (χ1) is 11.0. The molecule has 1 aromatic heterocycles. The van der Waals surface area contributed by atoms with Crippen LogP contribution >= 0.6 is 0 Å². The van der Waals surface area contributed by atoms with Gasteiger partial charge < -0.3 is 4.90 Å². The molecule has 122 valence electrons. The highest BCUT2D eigenvalue weighted by Gasteiger charge is 2.28. The second kappa shape index (κ2) is 6.14. The minimum absolute atomic E-state index is 0.0421. The van der Waals surface area contributed by atoms with Gasteiger partial charge in [-0.3, -0.25) is 9.48 Å². The molecule has 1 heterocycles. The molecule has 0 spiro atoms. The van der Waals surface area contributed by atoms with Crippen molar-refractivity contribution in [1.82, 2.24) is 14.7 Å². The Labute approximate surface area is 135 Å². The molecule has 0 bridgehead atoms. The van der Waals surface area contributed by atoms with Gasteiger partial charge in [0.25, 0.3) is 5.91 Å². The van der Waals surface area contributed by atoms with Crippen molar-refractivity contribution in [3.63, 3.8) is 0 Å². The van der Waals surface area contributed by atoms with Gasteiger partial charge in [-0.25, -0.2) is 4.39 Å². The van der Waals surface area contributed by atoms with E-state index in [0.29, 0.717) is 18.0 Å². The standard InChI is InChI=1S/C18H22FN3O/c1-12-17(13(2)21(3)20-12)11-22(10-14-4-5-14)18(23)15-6-8-16(19)9-7-15/h6-9,14H,4-5,10-11H2,1-3H3. The summed E-state index contributed by atoms with van der Waals surface area (Å²) >= 11 is 0. The van der Waals surface area contributed by atoms with Gasteiger partial charge >= 0.3 is 0 Å². The summed E-state index contributed by atoms with van der Waals surface area (Å²) in [7, 11) is 1.92. The van der Waals surface area contributed by atoms with E-state index >= 15 is 0 Å². The number of benzene rings is 1. The number of carbonyl (C=O) groups excluding carboxylic acids is 1. The van der Waals surface area contributed by atoms with Crippen molar-refractivity contribution in [1.29, 1.82) is 0 Å². The summed E-state index contributed by atoms with van der Waals surface area (Å²) < 4.78 is 14.9. The third-order valence-corrected chi connectivity index (χ3v) is 4.56. The van der Waals surface area contributed by atoms with Gasteiger partial charge in [-0.05, 0) is 56.9 Å². The van der Waals surface area contributed by atoms with E-state index in [1.165, 1.54) is 25.0 Å². The number of carbonyl (C=O) groups is 1. The molecule has 0 unspecified atom stereocenters. The second-order valence-electron chi connectivity index (χ2n) is 6.41. The largest absolute Gasteiger partial charge is 0.334 e. The highest BCUT2D eigenvalue weighted by atomic mass is 19.1. The molecule has 1 saturated carbocycles. The lowest BCUT2D eigenvalue weighted by Crippen LogP contribution is -2.32. The molecule has 1 aromatic carbocycles. The summed E-state index contributed by atoms with van der Waals surface area (Å²) in [6.45, 7) is 5.30. The highest BCUT2D eigenvalue weighted by molar-refractivity contribution is 5.94. The molecule has 23 heavy (non-hydrogen) atoms. The van der Waals surface area contributed by atoms with E-state index in [1.807, 2.05) is 30.5 Å². The lowest BCUT2D eigenvalue weighted by Gasteiger charge is -2.23. The van der Waals surface area contributed by atoms with Gasteiger partial charge in [-0.1, -0.05) is 0 Å². The molecule has 0 radical (unpaired) electrons. The van der Waals surface area contributed by atoms with Crippen LogP contribution in [0.25, 0.3) is 0 Å². The van der Waals surface area contributed by atoms with Crippen molar-refractivity contribution in [2.24, 2.45) is 13.0 Å². The first-order valence-electron chi connectivity index (χ1n) is 7.99. The maximum absolute atomic E-state index is 13.1. The average molecular weight is 315 g/mol. The van der Waals surface area contributed by atoms with Crippen LogP contribution in [0, 0.1) is 25.6 Å². The molecule has 0 aliphatic heterocycles. The van der Waals surface area contributed by atoms with E-state index in [4.69, 9.17) is 0 Å². The number of amides is 1. The zero-order chi connectivity index (χ0) is 16.6. The third kappa shape index (κ3) is 3.44. The van der Waals surface area contributed by atoms with Gasteiger partial charge in [0.2, 0.25) is 0 Å². The summed E-state index contributed by atoms with van der Waals surface area (Å²) in [6, 6.07) is 5.78. The summed E-state index contributed by atoms with van der Waals surface area (Å²) in [6.07, 6.45) is 2.36. The molecule has 0 N–H and O–H groups in total. The molecule has 0 atom stereocenters. The molecule has 2 aromatic rings. The number of nitrogens with zero attached hydrogens (tertiary/aromatic N) is 3. The fourth-order valence-electron chi connectivity index (χ4n) is 2.84. The van der Waals surface area contributed by atoms with Gasteiger partial charge in [-0.15, -0.1) is 0 Å². The van der Waals surface area contributed by atoms with E-state index in [-0.39, 0.29) is 11.7 Å². The van der Waals surface area contributed by atoms with E-state index in [2.05, 4.69) is 5.10 Å². The molecular formula is C18H22FN3O. The van der Waals surface area contributed by atoms with Gasteiger partial charge in [0.15, 0.2) is 0 Å². The van der Waals surface area contributed by atoms with Crippen molar-refractivity contribution < 1.29 is 9.18 Å². The predicted octanol–water partition coefficient (Wildman–Crippen LogP) is 3.23. The maximum Gasteiger partial charge on any atom is 0.254 e. The zero-order valence-electron chi connectivity index (χ0n) is 13.8. The first-order valence-corrected chi connectivity index (χ1v) is 7.99. The van der Waals surface area contributed by atoms with Crippen LogP contribution in [0.15, 0.2) is 24.3 Å². The maximum atomic E-state index is 13.1. The normalized spacial score (nSPS) is 14.1. The summed E-state index contributed by atoms with van der Waals surface area (Å²) in [5.41, 5.74) is 3.67. The van der Waals surface area contributed by atoms with Crippen LogP contribution in [0.4, 0.5) is 4.39 Å². The van der Waals surface area contributed by atoms with Crippen molar-refractivity contribution >= 4 is 5.91 Å². The Bertz CT molecular complexity index is 717. The van der Waals surface area contributed by atoms with E-state index < -0.39 is 0 Å². The van der Waals surface area contributed by atoms with Gasteiger partial charge in [0, 0.05) is 37.0 Å². The Morgan fingerprint density at radius 1 is 1.30 bits per heavy atom. The van der Waals surface area contributed by atoms with Crippen LogP contribution in [-0.4, -0.2) is 27.1 Å². The summed E-state index contributed by atoms with van der Waals surface area (Å²) in [5.74, 6) is 0.227. The quantitative estimate of drug-likeness (QED) is 0.849. The van der Waals surface area contributed by atoms with E-state index in [0.717, 1.165) is 23.5 Å². The Morgan fingerprint density at radius 3 is 2.48 bits per heavy atom. The number of halogens is 1. The Kier molecular flexibility index (Phi) is 4.20. The zero-order valence-corrected chi connectivity index (χ0v) is 13.8. The monoisotopic (exact) mass is 315 g/mol. The van der Waals surface area contributed by atoms with E-state index in [1.54, 1.807) is 12.1 Å². The topological polar surface area (TPSA) is 38.1 Å². The SMILES string of the molecule is Cc1nn(C)c(C)c1CN(CC1CC1)C(=O)c1ccc(F)cc1. The number of rotatable bonds is 5. The van der Waals surface area contributed by atoms with Crippen molar-refractivity contribution in [3.05, 3.63) is 52.6 Å². The average Bonchev–Trinajstić information content (AvgIpc) is 3.30. The van der Waals surface area contributed by atoms with E-state index in [9.17, 15) is 9.18 Å². The van der Waals surface area contributed by atoms with Crippen molar-refractivity contribution in [2.75, 3.05) is 6.54 Å². The number of hydrogen-bond donors (Lipinski definition) is 0. The molecular weight excluding hydrogens is 293 g/mol. The minimum Gasteiger partial charge on any atom is -0.334 e. The smallest absolute Gasteiger partial charge is 0.254 e. The second-order valence-corrected chi connectivity index (χ2v) is 6.41. The first kappa shape index (κ1) is 15.7. The molecule has 1 aliphatic rings. The number of aryl methyl sites for hydroxylation is 2. The molecule has 1 amide bonds. The van der Waals surface area contributed by atoms with Crippen LogP contribution in [-0.2, 0) is 13.6 Å². The Morgan fingerprint density at radius 2 is 1.96 bits per heavy atom. The van der Waals surface area contributed by atoms with Crippen LogP contribution in [0.1, 0.15) is 40.2 Å². The molecule has 5 heteroatoms. The van der Waals surface area contributed by atoms with Crippen LogP contribution in [0.2, 0.25) is 0 Å². The number of aromatic nitrogens is 2. The molecule has 3 rings (SSSR count). The lowest BCUT2D eigenvalue weighted by atomic mass is 10.1. The van der Waals surface area contributed by atoms with Crippen molar-refractivity contribution in [3.8, 4) is 0 Å². The predicted molar refractivity (Wildman–Crippen MR) is 86.5 cm³/mol. The van der Waals surface area contributed by atoms with Gasteiger partial charge in [-0.2, -0.15) is 5.10 Å². The molecule has 4 nitrogen and oxygen atoms in total. The van der Waals surface area contributed by atoms with Crippen molar-refractivity contribution in [2.45, 2.75) is 33.2 Å². The van der Waals surface area contributed by atoms with Crippen LogP contribution in [0.3, 0.4) is 0 Å². The van der Waals surface area contributed by atoms with Crippen LogP contribution in [0.5, 0.6) is 0 Å². The molecule has 1 fully saturated rings. The van der Waals surface area contributed by atoms with Gasteiger partial charge in [0.1, 0.15) is 5.82 Å². The third-order valence-electron chi connectivity index (χ3n) is 4.56. The fraction of sp³-hybridized carbons (Fsp3) is 0.444. The fourth-order valence-corrected chi connectivity index (χ4v) is 2.84. The van der Waals surface area contributed by atoms with Crippen LogP contribution < -0.4 is 0 Å².